The molecule has 0 fully saturated rings. The zero-order valence-electron chi connectivity index (χ0n) is 7.51. The standard InChI is InChI=1S/C10H12ClNO/c1-6-8(11)3-2-7-9(12)4-5-13-10(6)7/h2-3,9H,4-5,12H2,1H3/t9-/m1/s1. The molecule has 1 atom stereocenters. The maximum absolute atomic E-state index is 5.97. The van der Waals surface area contributed by atoms with E-state index in [4.69, 9.17) is 22.1 Å². The fourth-order valence-corrected chi connectivity index (χ4v) is 1.76. The van der Waals surface area contributed by atoms with Crippen molar-refractivity contribution in [3.05, 3.63) is 28.3 Å². The van der Waals surface area contributed by atoms with Gasteiger partial charge in [-0.2, -0.15) is 0 Å². The van der Waals surface area contributed by atoms with Crippen molar-refractivity contribution in [1.82, 2.24) is 0 Å². The number of rotatable bonds is 0. The molecule has 0 bridgehead atoms. The van der Waals surface area contributed by atoms with Gasteiger partial charge in [-0.3, -0.25) is 0 Å². The molecule has 0 amide bonds. The molecule has 0 radical (unpaired) electrons. The summed E-state index contributed by atoms with van der Waals surface area (Å²) in [5, 5.41) is 0.743. The number of fused-ring (bicyclic) bond motifs is 1. The molecule has 1 heterocycles. The highest BCUT2D eigenvalue weighted by Crippen LogP contribution is 2.36. The Labute approximate surface area is 82.6 Å². The number of benzene rings is 1. The van der Waals surface area contributed by atoms with Crippen LogP contribution in [0.25, 0.3) is 0 Å². The molecule has 0 spiro atoms. The van der Waals surface area contributed by atoms with Gasteiger partial charge in [0.15, 0.2) is 0 Å². The molecule has 1 aliphatic rings. The van der Waals surface area contributed by atoms with Crippen molar-refractivity contribution in [2.75, 3.05) is 6.61 Å². The van der Waals surface area contributed by atoms with Gasteiger partial charge in [-0.25, -0.2) is 0 Å². The largest absolute Gasteiger partial charge is 0.493 e. The van der Waals surface area contributed by atoms with Crippen molar-refractivity contribution in [3.8, 4) is 5.75 Å². The number of halogens is 1. The monoisotopic (exact) mass is 197 g/mol. The molecule has 1 aliphatic heterocycles. The average Bonchev–Trinajstić information content (AvgIpc) is 2.12. The third-order valence-electron chi connectivity index (χ3n) is 2.44. The van der Waals surface area contributed by atoms with Gasteiger partial charge in [-0.05, 0) is 13.0 Å². The van der Waals surface area contributed by atoms with Gasteiger partial charge in [0.2, 0.25) is 0 Å². The summed E-state index contributed by atoms with van der Waals surface area (Å²) in [7, 11) is 0. The van der Waals surface area contributed by atoms with Crippen LogP contribution < -0.4 is 10.5 Å². The van der Waals surface area contributed by atoms with E-state index in [1.54, 1.807) is 0 Å². The highest BCUT2D eigenvalue weighted by atomic mass is 35.5. The first-order chi connectivity index (χ1) is 6.20. The summed E-state index contributed by atoms with van der Waals surface area (Å²) in [5.41, 5.74) is 8.01. The second-order valence-electron chi connectivity index (χ2n) is 3.33. The quantitative estimate of drug-likeness (QED) is 0.694. The van der Waals surface area contributed by atoms with Gasteiger partial charge >= 0.3 is 0 Å². The van der Waals surface area contributed by atoms with E-state index < -0.39 is 0 Å². The Bertz CT molecular complexity index is 338. The average molecular weight is 198 g/mol. The van der Waals surface area contributed by atoms with Gasteiger partial charge in [0.1, 0.15) is 5.75 Å². The molecule has 0 aromatic heterocycles. The van der Waals surface area contributed by atoms with Crippen LogP contribution in [0.4, 0.5) is 0 Å². The molecule has 3 heteroatoms. The first-order valence-corrected chi connectivity index (χ1v) is 4.75. The van der Waals surface area contributed by atoms with Crippen LogP contribution in [-0.4, -0.2) is 6.61 Å². The van der Waals surface area contributed by atoms with Crippen molar-refractivity contribution in [2.24, 2.45) is 5.73 Å². The minimum absolute atomic E-state index is 0.0970. The first-order valence-electron chi connectivity index (χ1n) is 4.37. The molecule has 0 saturated heterocycles. The molecular weight excluding hydrogens is 186 g/mol. The lowest BCUT2D eigenvalue weighted by atomic mass is 9.99. The van der Waals surface area contributed by atoms with Gasteiger partial charge in [0.05, 0.1) is 6.61 Å². The van der Waals surface area contributed by atoms with Crippen LogP contribution in [0.2, 0.25) is 5.02 Å². The lowest BCUT2D eigenvalue weighted by molar-refractivity contribution is 0.267. The number of nitrogens with two attached hydrogens (primary N) is 1. The second-order valence-corrected chi connectivity index (χ2v) is 3.74. The zero-order chi connectivity index (χ0) is 9.42. The first kappa shape index (κ1) is 8.85. The molecular formula is C10H12ClNO. The Balaban J connectivity index is 2.56. The predicted octanol–water partition coefficient (Wildman–Crippen LogP) is 2.43. The summed E-state index contributed by atoms with van der Waals surface area (Å²) in [6, 6.07) is 3.93. The van der Waals surface area contributed by atoms with E-state index in [1.807, 2.05) is 19.1 Å². The Morgan fingerprint density at radius 3 is 3.08 bits per heavy atom. The molecule has 1 aromatic rings. The molecule has 0 unspecified atom stereocenters. The van der Waals surface area contributed by atoms with Crippen LogP contribution in [-0.2, 0) is 0 Å². The predicted molar refractivity (Wildman–Crippen MR) is 53.2 cm³/mol. The van der Waals surface area contributed by atoms with Gasteiger partial charge < -0.3 is 10.5 Å². The number of hydrogen-bond acceptors (Lipinski definition) is 2. The third kappa shape index (κ3) is 1.40. The Morgan fingerprint density at radius 1 is 1.54 bits per heavy atom. The van der Waals surface area contributed by atoms with Crippen molar-refractivity contribution in [2.45, 2.75) is 19.4 Å². The highest BCUT2D eigenvalue weighted by Gasteiger charge is 2.20. The fraction of sp³-hybridized carbons (Fsp3) is 0.400. The minimum atomic E-state index is 0.0970. The summed E-state index contributed by atoms with van der Waals surface area (Å²) >= 11 is 5.97. The smallest absolute Gasteiger partial charge is 0.128 e. The van der Waals surface area contributed by atoms with Crippen LogP contribution in [0, 0.1) is 6.92 Å². The molecule has 70 valence electrons. The van der Waals surface area contributed by atoms with Crippen LogP contribution in [0.1, 0.15) is 23.6 Å². The summed E-state index contributed by atoms with van der Waals surface area (Å²) < 4.78 is 5.54. The van der Waals surface area contributed by atoms with E-state index in [2.05, 4.69) is 0 Å². The highest BCUT2D eigenvalue weighted by molar-refractivity contribution is 6.31. The molecule has 0 aliphatic carbocycles. The van der Waals surface area contributed by atoms with Crippen LogP contribution in [0.15, 0.2) is 12.1 Å². The molecule has 13 heavy (non-hydrogen) atoms. The van der Waals surface area contributed by atoms with E-state index in [0.717, 1.165) is 28.3 Å². The lowest BCUT2D eigenvalue weighted by Gasteiger charge is -2.24. The van der Waals surface area contributed by atoms with Crippen molar-refractivity contribution in [3.63, 3.8) is 0 Å². The van der Waals surface area contributed by atoms with E-state index in [1.165, 1.54) is 0 Å². The topological polar surface area (TPSA) is 35.2 Å². The second kappa shape index (κ2) is 3.20. The number of ether oxygens (including phenoxy) is 1. The molecule has 2 rings (SSSR count). The summed E-state index contributed by atoms with van der Waals surface area (Å²) in [6.07, 6.45) is 0.883. The summed E-state index contributed by atoms with van der Waals surface area (Å²) in [5.74, 6) is 0.881. The molecule has 2 nitrogen and oxygen atoms in total. The van der Waals surface area contributed by atoms with Crippen molar-refractivity contribution in [1.29, 1.82) is 0 Å². The van der Waals surface area contributed by atoms with Gasteiger partial charge in [0, 0.05) is 28.6 Å². The number of hydrogen-bond donors (Lipinski definition) is 1. The Hall–Kier alpha value is -0.730. The normalized spacial score (nSPS) is 20.7. The van der Waals surface area contributed by atoms with Crippen molar-refractivity contribution >= 4 is 11.6 Å². The zero-order valence-corrected chi connectivity index (χ0v) is 8.27. The van der Waals surface area contributed by atoms with E-state index in [0.29, 0.717) is 6.61 Å². The minimum Gasteiger partial charge on any atom is -0.493 e. The maximum atomic E-state index is 5.97. The Morgan fingerprint density at radius 2 is 2.31 bits per heavy atom. The molecule has 2 N–H and O–H groups in total. The molecule has 1 aromatic carbocycles. The van der Waals surface area contributed by atoms with Gasteiger partial charge in [-0.1, -0.05) is 17.7 Å². The van der Waals surface area contributed by atoms with Crippen LogP contribution >= 0.6 is 11.6 Å². The van der Waals surface area contributed by atoms with Crippen LogP contribution in [0.5, 0.6) is 5.75 Å². The van der Waals surface area contributed by atoms with Crippen molar-refractivity contribution < 1.29 is 4.74 Å². The third-order valence-corrected chi connectivity index (χ3v) is 2.85. The van der Waals surface area contributed by atoms with E-state index >= 15 is 0 Å². The molecule has 0 saturated carbocycles. The van der Waals surface area contributed by atoms with Crippen LogP contribution in [0.3, 0.4) is 0 Å². The lowest BCUT2D eigenvalue weighted by Crippen LogP contribution is -2.21. The van der Waals surface area contributed by atoms with Gasteiger partial charge in [-0.15, -0.1) is 0 Å². The van der Waals surface area contributed by atoms with E-state index in [-0.39, 0.29) is 6.04 Å². The summed E-state index contributed by atoms with van der Waals surface area (Å²) in [6.45, 7) is 2.65. The summed E-state index contributed by atoms with van der Waals surface area (Å²) in [4.78, 5) is 0. The van der Waals surface area contributed by atoms with E-state index in [9.17, 15) is 0 Å². The van der Waals surface area contributed by atoms with Gasteiger partial charge in [0.25, 0.3) is 0 Å². The SMILES string of the molecule is Cc1c(Cl)ccc2c1OCC[C@H]2N. The maximum Gasteiger partial charge on any atom is 0.128 e. The fourth-order valence-electron chi connectivity index (χ4n) is 1.62. The Kier molecular flexibility index (Phi) is 2.18.